The predicted molar refractivity (Wildman–Crippen MR) is 72.2 cm³/mol. The first-order chi connectivity index (χ1) is 7.99. The van der Waals surface area contributed by atoms with Crippen molar-refractivity contribution in [3.63, 3.8) is 0 Å². The van der Waals surface area contributed by atoms with Crippen LogP contribution in [0.3, 0.4) is 0 Å². The fourth-order valence-electron chi connectivity index (χ4n) is 2.33. The molecule has 0 heterocycles. The second-order valence-corrected chi connectivity index (χ2v) is 4.86. The normalized spacial score (nSPS) is 12.5. The predicted octanol–water partition coefficient (Wildman–Crippen LogP) is 2.71. The molecule has 0 amide bonds. The van der Waals surface area contributed by atoms with Crippen molar-refractivity contribution < 1.29 is 4.79 Å². The minimum atomic E-state index is 0.00935. The number of Topliss-reactive ketones (excluding diaryl/α,β-unsaturated/α-hetero) is 1. The Balaban J connectivity index is 2.92. The summed E-state index contributed by atoms with van der Waals surface area (Å²) in [7, 11) is 0. The maximum Gasteiger partial charge on any atom is 0.141 e. The van der Waals surface area contributed by atoms with Gasteiger partial charge in [0.2, 0.25) is 0 Å². The maximum atomic E-state index is 12.1. The Kier molecular flexibility index (Phi) is 4.88. The van der Waals surface area contributed by atoms with Crippen molar-refractivity contribution in [1.29, 1.82) is 0 Å². The van der Waals surface area contributed by atoms with E-state index in [2.05, 4.69) is 32.9 Å². The second-order valence-electron chi connectivity index (χ2n) is 4.86. The van der Waals surface area contributed by atoms with E-state index < -0.39 is 0 Å². The van der Waals surface area contributed by atoms with Gasteiger partial charge in [0.15, 0.2) is 0 Å². The van der Waals surface area contributed by atoms with Crippen LogP contribution >= 0.6 is 0 Å². The van der Waals surface area contributed by atoms with Crippen molar-refractivity contribution in [2.45, 2.75) is 40.5 Å². The van der Waals surface area contributed by atoms with Gasteiger partial charge in [-0.1, -0.05) is 24.6 Å². The van der Waals surface area contributed by atoms with E-state index in [1.165, 1.54) is 22.3 Å². The fraction of sp³-hybridized carbons (Fsp3) is 0.533. The Bertz CT molecular complexity index is 382. The highest BCUT2D eigenvalue weighted by molar-refractivity contribution is 5.84. The number of aryl methyl sites for hydroxylation is 3. The molecule has 1 aromatic rings. The number of carbonyl (C=O) groups excluding carboxylic acids is 1. The molecule has 2 heteroatoms. The Hall–Kier alpha value is -1.15. The van der Waals surface area contributed by atoms with Crippen LogP contribution in [0.15, 0.2) is 12.1 Å². The van der Waals surface area contributed by atoms with Gasteiger partial charge in [-0.15, -0.1) is 0 Å². The minimum Gasteiger partial charge on any atom is -0.330 e. The molecular formula is C15H23NO. The van der Waals surface area contributed by atoms with Crippen molar-refractivity contribution in [2.75, 3.05) is 6.54 Å². The van der Waals surface area contributed by atoms with E-state index in [1.54, 1.807) is 0 Å². The molecule has 0 saturated carbocycles. The van der Waals surface area contributed by atoms with E-state index in [9.17, 15) is 4.79 Å². The average Bonchev–Trinajstić information content (AvgIpc) is 2.25. The highest BCUT2D eigenvalue weighted by Gasteiger charge is 2.16. The van der Waals surface area contributed by atoms with Crippen LogP contribution < -0.4 is 5.73 Å². The van der Waals surface area contributed by atoms with Gasteiger partial charge in [-0.25, -0.2) is 0 Å². The molecule has 0 aliphatic heterocycles. The molecule has 0 aliphatic carbocycles. The lowest BCUT2D eigenvalue weighted by molar-refractivity contribution is -0.122. The first-order valence-electron chi connectivity index (χ1n) is 6.29. The van der Waals surface area contributed by atoms with E-state index in [-0.39, 0.29) is 11.7 Å². The van der Waals surface area contributed by atoms with Crippen LogP contribution in [0.2, 0.25) is 0 Å². The third kappa shape index (κ3) is 3.40. The average molecular weight is 233 g/mol. The number of hydrogen-bond donors (Lipinski definition) is 1. The van der Waals surface area contributed by atoms with Crippen LogP contribution in [-0.4, -0.2) is 12.3 Å². The van der Waals surface area contributed by atoms with Crippen LogP contribution in [0.1, 0.15) is 35.6 Å². The third-order valence-corrected chi connectivity index (χ3v) is 3.42. The zero-order chi connectivity index (χ0) is 13.0. The van der Waals surface area contributed by atoms with E-state index in [0.717, 1.165) is 6.42 Å². The van der Waals surface area contributed by atoms with E-state index in [4.69, 9.17) is 5.73 Å². The largest absolute Gasteiger partial charge is 0.330 e. The van der Waals surface area contributed by atoms with E-state index >= 15 is 0 Å². The SMILES string of the molecule is CCC(CN)C(=O)Cc1c(C)cc(C)cc1C. The molecule has 0 spiro atoms. The van der Waals surface area contributed by atoms with Gasteiger partial charge in [-0.3, -0.25) is 4.79 Å². The highest BCUT2D eigenvalue weighted by Crippen LogP contribution is 2.19. The summed E-state index contributed by atoms with van der Waals surface area (Å²) in [5, 5.41) is 0. The maximum absolute atomic E-state index is 12.1. The van der Waals surface area contributed by atoms with Gasteiger partial charge in [-0.2, -0.15) is 0 Å². The molecule has 2 N–H and O–H groups in total. The van der Waals surface area contributed by atoms with Gasteiger partial charge in [0.05, 0.1) is 0 Å². The Labute approximate surface area is 104 Å². The summed E-state index contributed by atoms with van der Waals surface area (Å²) in [6.07, 6.45) is 1.35. The van der Waals surface area contributed by atoms with Crippen LogP contribution in [0.25, 0.3) is 0 Å². The summed E-state index contributed by atoms with van der Waals surface area (Å²) in [6, 6.07) is 4.28. The molecule has 0 aromatic heterocycles. The monoisotopic (exact) mass is 233 g/mol. The molecule has 1 atom stereocenters. The number of rotatable bonds is 5. The quantitative estimate of drug-likeness (QED) is 0.849. The molecule has 1 aromatic carbocycles. The molecule has 0 fully saturated rings. The number of carbonyl (C=O) groups is 1. The number of ketones is 1. The molecule has 2 nitrogen and oxygen atoms in total. The molecular weight excluding hydrogens is 210 g/mol. The number of nitrogens with two attached hydrogens (primary N) is 1. The van der Waals surface area contributed by atoms with Crippen molar-refractivity contribution in [2.24, 2.45) is 11.7 Å². The lowest BCUT2D eigenvalue weighted by Crippen LogP contribution is -2.25. The van der Waals surface area contributed by atoms with Crippen molar-refractivity contribution in [3.8, 4) is 0 Å². The molecule has 0 saturated heterocycles. The van der Waals surface area contributed by atoms with Crippen LogP contribution in [0, 0.1) is 26.7 Å². The summed E-state index contributed by atoms with van der Waals surface area (Å²) in [6.45, 7) is 8.71. The van der Waals surface area contributed by atoms with Crippen molar-refractivity contribution in [1.82, 2.24) is 0 Å². The van der Waals surface area contributed by atoms with Gasteiger partial charge in [0.25, 0.3) is 0 Å². The second kappa shape index (κ2) is 5.97. The molecule has 1 unspecified atom stereocenters. The first-order valence-corrected chi connectivity index (χ1v) is 6.29. The smallest absolute Gasteiger partial charge is 0.141 e. The number of hydrogen-bond acceptors (Lipinski definition) is 2. The zero-order valence-electron chi connectivity index (χ0n) is 11.3. The van der Waals surface area contributed by atoms with Gasteiger partial charge in [-0.05, 0) is 43.9 Å². The molecule has 17 heavy (non-hydrogen) atoms. The minimum absolute atomic E-state index is 0.00935. The lowest BCUT2D eigenvalue weighted by atomic mass is 9.90. The summed E-state index contributed by atoms with van der Waals surface area (Å²) in [4.78, 5) is 12.1. The fourth-order valence-corrected chi connectivity index (χ4v) is 2.33. The summed E-state index contributed by atoms with van der Waals surface area (Å²) in [5.41, 5.74) is 10.5. The van der Waals surface area contributed by atoms with Gasteiger partial charge in [0, 0.05) is 18.9 Å². The topological polar surface area (TPSA) is 43.1 Å². The van der Waals surface area contributed by atoms with E-state index in [0.29, 0.717) is 13.0 Å². The molecule has 0 radical (unpaired) electrons. The Morgan fingerprint density at radius 3 is 2.18 bits per heavy atom. The lowest BCUT2D eigenvalue weighted by Gasteiger charge is -2.14. The molecule has 0 bridgehead atoms. The van der Waals surface area contributed by atoms with Gasteiger partial charge in [0.1, 0.15) is 5.78 Å². The Morgan fingerprint density at radius 2 is 1.76 bits per heavy atom. The zero-order valence-corrected chi connectivity index (χ0v) is 11.3. The Morgan fingerprint density at radius 1 is 1.24 bits per heavy atom. The van der Waals surface area contributed by atoms with E-state index in [1.807, 2.05) is 6.92 Å². The highest BCUT2D eigenvalue weighted by atomic mass is 16.1. The molecule has 0 aliphatic rings. The van der Waals surface area contributed by atoms with Crippen LogP contribution in [0.5, 0.6) is 0 Å². The van der Waals surface area contributed by atoms with Gasteiger partial charge >= 0.3 is 0 Å². The first kappa shape index (κ1) is 13.9. The third-order valence-electron chi connectivity index (χ3n) is 3.42. The standard InChI is InChI=1S/C15H23NO/c1-5-13(9-16)15(17)8-14-11(3)6-10(2)7-12(14)4/h6-7,13H,5,8-9,16H2,1-4H3. The molecule has 1 rings (SSSR count). The molecule has 94 valence electrons. The van der Waals surface area contributed by atoms with Crippen LogP contribution in [-0.2, 0) is 11.2 Å². The number of benzene rings is 1. The summed E-state index contributed by atoms with van der Waals surface area (Å²) >= 11 is 0. The van der Waals surface area contributed by atoms with Crippen molar-refractivity contribution >= 4 is 5.78 Å². The summed E-state index contributed by atoms with van der Waals surface area (Å²) < 4.78 is 0. The van der Waals surface area contributed by atoms with Crippen molar-refractivity contribution in [3.05, 3.63) is 34.4 Å². The van der Waals surface area contributed by atoms with Gasteiger partial charge < -0.3 is 5.73 Å². The van der Waals surface area contributed by atoms with Crippen LogP contribution in [0.4, 0.5) is 0 Å². The summed E-state index contributed by atoms with van der Waals surface area (Å²) in [5.74, 6) is 0.278.